The molecule has 0 aromatic heterocycles. The number of amides is 2. The number of hydrogen-bond acceptors (Lipinski definition) is 6. The summed E-state index contributed by atoms with van der Waals surface area (Å²) in [6, 6.07) is 16.4. The molecule has 158 valence electrons. The number of thiocarbonyl (C=S) groups is 1. The van der Waals surface area contributed by atoms with E-state index in [1.54, 1.807) is 6.07 Å². The van der Waals surface area contributed by atoms with Crippen LogP contribution in [0.15, 0.2) is 65.1 Å². The van der Waals surface area contributed by atoms with Crippen LogP contribution in [0.3, 0.4) is 0 Å². The van der Waals surface area contributed by atoms with Crippen LogP contribution in [0.2, 0.25) is 0 Å². The Morgan fingerprint density at radius 1 is 1.03 bits per heavy atom. The highest BCUT2D eigenvalue weighted by Gasteiger charge is 2.12. The van der Waals surface area contributed by atoms with Gasteiger partial charge >= 0.3 is 0 Å². The van der Waals surface area contributed by atoms with Gasteiger partial charge in [0.1, 0.15) is 5.75 Å². The van der Waals surface area contributed by atoms with Crippen LogP contribution in [0.5, 0.6) is 5.75 Å². The SMILES string of the molecule is O=C(COc1ccc2ccccc2c1Br)NNC(=S)NC(=O)c1ccc([N+](=O)[O-])cc1. The average molecular weight is 503 g/mol. The van der Waals surface area contributed by atoms with Gasteiger partial charge in [-0.2, -0.15) is 0 Å². The van der Waals surface area contributed by atoms with E-state index in [0.717, 1.165) is 15.2 Å². The second-order valence-electron chi connectivity index (χ2n) is 6.15. The Labute approximate surface area is 190 Å². The third kappa shape index (κ3) is 5.74. The minimum Gasteiger partial charge on any atom is -0.483 e. The number of nitrogens with zero attached hydrogens (tertiary/aromatic N) is 1. The lowest BCUT2D eigenvalue weighted by atomic mass is 10.1. The van der Waals surface area contributed by atoms with E-state index in [0.29, 0.717) is 5.75 Å². The van der Waals surface area contributed by atoms with Crippen molar-refractivity contribution in [2.24, 2.45) is 0 Å². The van der Waals surface area contributed by atoms with Gasteiger partial charge in [0.05, 0.1) is 9.40 Å². The topological polar surface area (TPSA) is 123 Å². The molecule has 0 aliphatic rings. The predicted octanol–water partition coefficient (Wildman–Crippen LogP) is 3.23. The summed E-state index contributed by atoms with van der Waals surface area (Å²) in [4.78, 5) is 34.2. The quantitative estimate of drug-likeness (QED) is 0.278. The van der Waals surface area contributed by atoms with E-state index in [9.17, 15) is 19.7 Å². The molecule has 0 saturated carbocycles. The summed E-state index contributed by atoms with van der Waals surface area (Å²) in [7, 11) is 0. The number of nitrogens with one attached hydrogen (secondary N) is 3. The van der Waals surface area contributed by atoms with E-state index in [2.05, 4.69) is 32.1 Å². The lowest BCUT2D eigenvalue weighted by Crippen LogP contribution is -2.49. The zero-order chi connectivity index (χ0) is 22.4. The molecule has 0 spiro atoms. The van der Waals surface area contributed by atoms with Gasteiger partial charge in [0.2, 0.25) is 0 Å². The Bertz CT molecular complexity index is 1170. The van der Waals surface area contributed by atoms with Crippen LogP contribution in [0.25, 0.3) is 10.8 Å². The van der Waals surface area contributed by atoms with Crippen molar-refractivity contribution in [1.82, 2.24) is 16.2 Å². The molecule has 0 bridgehead atoms. The minimum absolute atomic E-state index is 0.137. The van der Waals surface area contributed by atoms with Gasteiger partial charge in [0, 0.05) is 17.7 Å². The molecular formula is C20H15BrN4O5S. The number of ether oxygens (including phenoxy) is 1. The van der Waals surface area contributed by atoms with E-state index < -0.39 is 16.7 Å². The molecule has 0 unspecified atom stereocenters. The van der Waals surface area contributed by atoms with Gasteiger partial charge in [0.25, 0.3) is 17.5 Å². The fourth-order valence-electron chi connectivity index (χ4n) is 2.57. The van der Waals surface area contributed by atoms with Crippen LogP contribution in [0.1, 0.15) is 10.4 Å². The third-order valence-corrected chi connectivity index (χ3v) is 5.09. The van der Waals surface area contributed by atoms with Crippen LogP contribution in [-0.2, 0) is 4.79 Å². The highest BCUT2D eigenvalue weighted by molar-refractivity contribution is 9.10. The van der Waals surface area contributed by atoms with Crippen molar-refractivity contribution in [3.05, 3.63) is 80.8 Å². The van der Waals surface area contributed by atoms with Crippen LogP contribution in [0, 0.1) is 10.1 Å². The maximum atomic E-state index is 12.1. The Balaban J connectivity index is 1.47. The van der Waals surface area contributed by atoms with Gasteiger partial charge in [0.15, 0.2) is 11.7 Å². The summed E-state index contributed by atoms with van der Waals surface area (Å²) in [5, 5.41) is 14.8. The molecule has 2 amide bonds. The van der Waals surface area contributed by atoms with Gasteiger partial charge in [-0.25, -0.2) is 0 Å². The molecule has 9 nitrogen and oxygen atoms in total. The summed E-state index contributed by atoms with van der Waals surface area (Å²) >= 11 is 8.43. The summed E-state index contributed by atoms with van der Waals surface area (Å²) in [6.07, 6.45) is 0. The van der Waals surface area contributed by atoms with Crippen LogP contribution >= 0.6 is 28.1 Å². The number of hydrogen-bond donors (Lipinski definition) is 3. The number of fused-ring (bicyclic) bond motifs is 1. The smallest absolute Gasteiger partial charge is 0.276 e. The lowest BCUT2D eigenvalue weighted by Gasteiger charge is -2.12. The zero-order valence-corrected chi connectivity index (χ0v) is 18.2. The normalized spacial score (nSPS) is 10.2. The highest BCUT2D eigenvalue weighted by atomic mass is 79.9. The van der Waals surface area contributed by atoms with E-state index in [1.807, 2.05) is 30.3 Å². The summed E-state index contributed by atoms with van der Waals surface area (Å²) < 4.78 is 6.27. The van der Waals surface area contributed by atoms with Crippen molar-refractivity contribution < 1.29 is 19.2 Å². The molecule has 3 N–H and O–H groups in total. The number of carbonyl (C=O) groups excluding carboxylic acids is 2. The van der Waals surface area contributed by atoms with Crippen molar-refractivity contribution in [3.8, 4) is 5.75 Å². The second kappa shape index (κ2) is 9.96. The molecular weight excluding hydrogens is 488 g/mol. The first-order valence-corrected chi connectivity index (χ1v) is 10.00. The number of halogens is 1. The van der Waals surface area contributed by atoms with Crippen LogP contribution in [-0.4, -0.2) is 28.5 Å². The van der Waals surface area contributed by atoms with Crippen molar-refractivity contribution in [2.45, 2.75) is 0 Å². The summed E-state index contributed by atoms with van der Waals surface area (Å²) in [5.74, 6) is -0.604. The highest BCUT2D eigenvalue weighted by Crippen LogP contribution is 2.32. The van der Waals surface area contributed by atoms with Gasteiger partial charge in [-0.1, -0.05) is 30.3 Å². The summed E-state index contributed by atoms with van der Waals surface area (Å²) in [5.41, 5.74) is 4.74. The van der Waals surface area contributed by atoms with Gasteiger partial charge < -0.3 is 4.74 Å². The fourth-order valence-corrected chi connectivity index (χ4v) is 3.32. The zero-order valence-electron chi connectivity index (χ0n) is 15.8. The molecule has 0 fully saturated rings. The van der Waals surface area contributed by atoms with E-state index in [1.165, 1.54) is 24.3 Å². The molecule has 11 heteroatoms. The number of non-ortho nitro benzene ring substituents is 1. The van der Waals surface area contributed by atoms with E-state index in [-0.39, 0.29) is 23.0 Å². The number of benzene rings is 3. The third-order valence-electron chi connectivity index (χ3n) is 4.07. The second-order valence-corrected chi connectivity index (χ2v) is 7.35. The number of hydrazine groups is 1. The first-order chi connectivity index (χ1) is 14.8. The Hall–Kier alpha value is -3.57. The maximum Gasteiger partial charge on any atom is 0.276 e. The minimum atomic E-state index is -0.585. The fraction of sp³-hybridized carbons (Fsp3) is 0.0500. The first-order valence-electron chi connectivity index (χ1n) is 8.80. The molecule has 0 saturated heterocycles. The summed E-state index contributed by atoms with van der Waals surface area (Å²) in [6.45, 7) is -0.289. The Morgan fingerprint density at radius 3 is 2.45 bits per heavy atom. The largest absolute Gasteiger partial charge is 0.483 e. The number of carbonyl (C=O) groups is 2. The van der Waals surface area contributed by atoms with Gasteiger partial charge in [-0.15, -0.1) is 0 Å². The average Bonchev–Trinajstić information content (AvgIpc) is 2.77. The molecule has 0 aliphatic carbocycles. The molecule has 31 heavy (non-hydrogen) atoms. The van der Waals surface area contributed by atoms with Crippen LogP contribution < -0.4 is 20.9 Å². The number of nitro benzene ring substituents is 1. The van der Waals surface area contributed by atoms with Crippen molar-refractivity contribution in [3.63, 3.8) is 0 Å². The number of rotatable bonds is 5. The van der Waals surface area contributed by atoms with Gasteiger partial charge in [-0.05, 0) is 57.1 Å². The Kier molecular flexibility index (Phi) is 7.11. The molecule has 3 aromatic rings. The molecule has 3 rings (SSSR count). The lowest BCUT2D eigenvalue weighted by molar-refractivity contribution is -0.384. The van der Waals surface area contributed by atoms with Crippen LogP contribution in [0.4, 0.5) is 5.69 Å². The number of nitro groups is 1. The molecule has 0 heterocycles. The monoisotopic (exact) mass is 502 g/mol. The molecule has 0 aliphatic heterocycles. The van der Waals surface area contributed by atoms with Crippen molar-refractivity contribution in [2.75, 3.05) is 6.61 Å². The Morgan fingerprint density at radius 2 is 1.74 bits per heavy atom. The predicted molar refractivity (Wildman–Crippen MR) is 122 cm³/mol. The van der Waals surface area contributed by atoms with Gasteiger partial charge in [-0.3, -0.25) is 35.9 Å². The standard InChI is InChI=1S/C20H15BrN4O5S/c21-18-15-4-2-1-3-12(15)7-10-16(18)30-11-17(26)23-24-20(31)22-19(27)13-5-8-14(9-6-13)25(28)29/h1-10H,11H2,(H,23,26)(H2,22,24,27,31). The first kappa shape index (κ1) is 22.1. The molecule has 0 atom stereocenters. The van der Waals surface area contributed by atoms with Crippen molar-refractivity contribution >= 4 is 61.5 Å². The van der Waals surface area contributed by atoms with E-state index in [4.69, 9.17) is 17.0 Å². The molecule has 3 aromatic carbocycles. The molecule has 0 radical (unpaired) electrons. The van der Waals surface area contributed by atoms with Crippen molar-refractivity contribution in [1.29, 1.82) is 0 Å². The maximum absolute atomic E-state index is 12.1. The van der Waals surface area contributed by atoms with E-state index >= 15 is 0 Å².